The van der Waals surface area contributed by atoms with E-state index in [0.29, 0.717) is 5.69 Å². The van der Waals surface area contributed by atoms with Gasteiger partial charge in [-0.05, 0) is 79.5 Å². The molecule has 3 aromatic rings. The molecule has 0 aliphatic carbocycles. The summed E-state index contributed by atoms with van der Waals surface area (Å²) in [5.41, 5.74) is 5.30. The Kier molecular flexibility index (Phi) is 5.15. The maximum absolute atomic E-state index is 12.7. The second-order valence-corrected chi connectivity index (χ2v) is 7.28. The topological polar surface area (TPSA) is 63.6 Å². The van der Waals surface area contributed by atoms with Crippen molar-refractivity contribution in [2.24, 2.45) is 0 Å². The first kappa shape index (κ1) is 18.9. The van der Waals surface area contributed by atoms with Gasteiger partial charge in [-0.1, -0.05) is 12.1 Å². The minimum atomic E-state index is -0.422. The molecule has 0 aliphatic rings. The number of carbonyl (C=O) groups excluding carboxylic acids is 1. The standard InChI is InChI=1S/C21H19BrN4O/c1-13-9-15(3)26(24-13)21(27)18(12-23)11-17-10-14(2)25(16(17)4)20-8-6-5-7-19(20)22/h5-11H,1-4H3/b18-11+. The second kappa shape index (κ2) is 7.37. The average molecular weight is 423 g/mol. The van der Waals surface area contributed by atoms with Crippen molar-refractivity contribution in [1.82, 2.24) is 14.3 Å². The van der Waals surface area contributed by atoms with E-state index in [1.165, 1.54) is 4.68 Å². The van der Waals surface area contributed by atoms with Crippen LogP contribution < -0.4 is 0 Å². The molecule has 0 N–H and O–H groups in total. The molecule has 0 saturated carbocycles. The van der Waals surface area contributed by atoms with Crippen LogP contribution in [0, 0.1) is 39.0 Å². The number of nitrogens with zero attached hydrogens (tertiary/aromatic N) is 4. The molecule has 27 heavy (non-hydrogen) atoms. The number of halogens is 1. The number of hydrogen-bond donors (Lipinski definition) is 0. The van der Waals surface area contributed by atoms with Gasteiger partial charge in [0.05, 0.1) is 11.4 Å². The zero-order valence-corrected chi connectivity index (χ0v) is 17.2. The molecule has 0 saturated heterocycles. The molecular weight excluding hydrogens is 404 g/mol. The lowest BCUT2D eigenvalue weighted by Gasteiger charge is -2.11. The van der Waals surface area contributed by atoms with E-state index in [0.717, 1.165) is 32.8 Å². The summed E-state index contributed by atoms with van der Waals surface area (Å²) in [7, 11) is 0. The van der Waals surface area contributed by atoms with E-state index in [-0.39, 0.29) is 5.57 Å². The predicted octanol–water partition coefficient (Wildman–Crippen LogP) is 4.92. The van der Waals surface area contributed by atoms with Crippen molar-refractivity contribution in [3.63, 3.8) is 0 Å². The number of hydrogen-bond acceptors (Lipinski definition) is 3. The summed E-state index contributed by atoms with van der Waals surface area (Å²) in [5.74, 6) is -0.422. The lowest BCUT2D eigenvalue weighted by Crippen LogP contribution is -2.15. The fraction of sp³-hybridized carbons (Fsp3) is 0.190. The zero-order chi connectivity index (χ0) is 19.7. The molecule has 2 aromatic heterocycles. The summed E-state index contributed by atoms with van der Waals surface area (Å²) in [4.78, 5) is 12.7. The van der Waals surface area contributed by atoms with E-state index in [9.17, 15) is 10.1 Å². The Labute approximate surface area is 166 Å². The summed E-state index contributed by atoms with van der Waals surface area (Å²) in [6.45, 7) is 7.59. The minimum Gasteiger partial charge on any atom is -0.317 e. The summed E-state index contributed by atoms with van der Waals surface area (Å²) in [6.07, 6.45) is 1.63. The molecule has 2 heterocycles. The Morgan fingerprint density at radius 2 is 1.85 bits per heavy atom. The van der Waals surface area contributed by atoms with Crippen molar-refractivity contribution < 1.29 is 4.79 Å². The van der Waals surface area contributed by atoms with Crippen LogP contribution >= 0.6 is 15.9 Å². The highest BCUT2D eigenvalue weighted by Crippen LogP contribution is 2.27. The minimum absolute atomic E-state index is 0.0496. The van der Waals surface area contributed by atoms with Gasteiger partial charge in [0.25, 0.3) is 5.91 Å². The van der Waals surface area contributed by atoms with Crippen LogP contribution in [0.1, 0.15) is 33.1 Å². The van der Waals surface area contributed by atoms with Gasteiger partial charge in [-0.25, -0.2) is 4.68 Å². The molecule has 6 heteroatoms. The van der Waals surface area contributed by atoms with Crippen LogP contribution in [0.25, 0.3) is 11.8 Å². The van der Waals surface area contributed by atoms with E-state index < -0.39 is 5.91 Å². The molecule has 1 aromatic carbocycles. The highest BCUT2D eigenvalue weighted by Gasteiger charge is 2.18. The lowest BCUT2D eigenvalue weighted by molar-refractivity contribution is 0.0944. The van der Waals surface area contributed by atoms with Crippen molar-refractivity contribution in [2.45, 2.75) is 27.7 Å². The third-order valence-corrected chi connectivity index (χ3v) is 5.09. The number of para-hydroxylation sites is 1. The van der Waals surface area contributed by atoms with Crippen molar-refractivity contribution in [3.05, 3.63) is 74.8 Å². The number of benzene rings is 1. The molecule has 0 spiro atoms. The zero-order valence-electron chi connectivity index (χ0n) is 15.6. The quantitative estimate of drug-likeness (QED) is 0.444. The number of carbonyl (C=O) groups is 1. The third kappa shape index (κ3) is 3.51. The Bertz CT molecular complexity index is 1110. The summed E-state index contributed by atoms with van der Waals surface area (Å²) < 4.78 is 4.34. The third-order valence-electron chi connectivity index (χ3n) is 4.42. The van der Waals surface area contributed by atoms with Crippen LogP contribution in [0.2, 0.25) is 0 Å². The van der Waals surface area contributed by atoms with Gasteiger partial charge in [0, 0.05) is 21.6 Å². The first-order valence-corrected chi connectivity index (χ1v) is 9.26. The Morgan fingerprint density at radius 3 is 2.44 bits per heavy atom. The Balaban J connectivity index is 2.08. The fourth-order valence-corrected chi connectivity index (χ4v) is 3.65. The summed E-state index contributed by atoms with van der Waals surface area (Å²) in [5, 5.41) is 13.7. The van der Waals surface area contributed by atoms with E-state index in [4.69, 9.17) is 0 Å². The first-order valence-electron chi connectivity index (χ1n) is 8.47. The fourth-order valence-electron chi connectivity index (χ4n) is 3.18. The molecule has 136 valence electrons. The van der Waals surface area contributed by atoms with Gasteiger partial charge < -0.3 is 4.57 Å². The van der Waals surface area contributed by atoms with E-state index in [1.54, 1.807) is 13.0 Å². The molecule has 0 aliphatic heterocycles. The second-order valence-electron chi connectivity index (χ2n) is 6.43. The number of aryl methyl sites for hydroxylation is 3. The maximum Gasteiger partial charge on any atom is 0.289 e. The summed E-state index contributed by atoms with van der Waals surface area (Å²) >= 11 is 3.58. The molecular formula is C21H19BrN4O. The van der Waals surface area contributed by atoms with Gasteiger partial charge in [-0.2, -0.15) is 10.4 Å². The van der Waals surface area contributed by atoms with Gasteiger partial charge in [-0.15, -0.1) is 0 Å². The van der Waals surface area contributed by atoms with Gasteiger partial charge in [0.15, 0.2) is 0 Å². The van der Waals surface area contributed by atoms with Crippen LogP contribution in [-0.4, -0.2) is 20.3 Å². The molecule has 0 unspecified atom stereocenters. The molecule has 3 rings (SSSR count). The van der Waals surface area contributed by atoms with Crippen LogP contribution in [0.5, 0.6) is 0 Å². The number of aromatic nitrogens is 3. The maximum atomic E-state index is 12.7. The van der Waals surface area contributed by atoms with Crippen LogP contribution in [0.15, 0.2) is 46.4 Å². The highest BCUT2D eigenvalue weighted by atomic mass is 79.9. The van der Waals surface area contributed by atoms with E-state index >= 15 is 0 Å². The van der Waals surface area contributed by atoms with Crippen LogP contribution in [0.3, 0.4) is 0 Å². The number of rotatable bonds is 3. The number of allylic oxidation sites excluding steroid dienone is 1. The van der Waals surface area contributed by atoms with E-state index in [1.807, 2.05) is 63.2 Å². The smallest absolute Gasteiger partial charge is 0.289 e. The van der Waals surface area contributed by atoms with Crippen molar-refractivity contribution in [3.8, 4) is 11.8 Å². The van der Waals surface area contributed by atoms with Crippen molar-refractivity contribution in [1.29, 1.82) is 5.26 Å². The molecule has 5 nitrogen and oxygen atoms in total. The monoisotopic (exact) mass is 422 g/mol. The summed E-state index contributed by atoms with van der Waals surface area (Å²) in [6, 6.07) is 13.7. The lowest BCUT2D eigenvalue weighted by atomic mass is 10.1. The first-order chi connectivity index (χ1) is 12.8. The van der Waals surface area contributed by atoms with Gasteiger partial charge in [0.1, 0.15) is 11.6 Å². The van der Waals surface area contributed by atoms with Gasteiger partial charge >= 0.3 is 0 Å². The van der Waals surface area contributed by atoms with Crippen LogP contribution in [0.4, 0.5) is 0 Å². The normalized spacial score (nSPS) is 11.5. The SMILES string of the molecule is Cc1cc(C)n(C(=O)/C(C#N)=C/c2cc(C)n(-c3ccccc3Br)c2C)n1. The molecule has 0 atom stereocenters. The highest BCUT2D eigenvalue weighted by molar-refractivity contribution is 9.10. The van der Waals surface area contributed by atoms with Crippen molar-refractivity contribution >= 4 is 27.9 Å². The molecule has 0 amide bonds. The molecule has 0 fully saturated rings. The molecule has 0 bridgehead atoms. The van der Waals surface area contributed by atoms with Crippen molar-refractivity contribution in [2.75, 3.05) is 0 Å². The van der Waals surface area contributed by atoms with E-state index in [2.05, 4.69) is 25.6 Å². The predicted molar refractivity (Wildman–Crippen MR) is 109 cm³/mol. The van der Waals surface area contributed by atoms with Gasteiger partial charge in [0.2, 0.25) is 0 Å². The number of nitriles is 1. The average Bonchev–Trinajstić information content (AvgIpc) is 3.11. The molecule has 0 radical (unpaired) electrons. The van der Waals surface area contributed by atoms with Gasteiger partial charge in [-0.3, -0.25) is 4.79 Å². The largest absolute Gasteiger partial charge is 0.317 e. The van der Waals surface area contributed by atoms with Crippen LogP contribution in [-0.2, 0) is 0 Å². The Hall–Kier alpha value is -2.91. The Morgan fingerprint density at radius 1 is 1.15 bits per heavy atom.